The summed E-state index contributed by atoms with van der Waals surface area (Å²) < 4.78 is 11.1. The molecule has 0 N–H and O–H groups in total. The molecular formula is C20H30O2S3Si2. The molecule has 2 aromatic carbocycles. The molecule has 0 radical (unpaired) electrons. The van der Waals surface area contributed by atoms with Crippen molar-refractivity contribution in [2.75, 3.05) is 25.7 Å². The Morgan fingerprint density at radius 3 is 1.48 bits per heavy atom. The summed E-state index contributed by atoms with van der Waals surface area (Å²) in [5, 5.41) is 0. The predicted octanol–water partition coefficient (Wildman–Crippen LogP) is 4.54. The van der Waals surface area contributed by atoms with Gasteiger partial charge >= 0.3 is 0 Å². The van der Waals surface area contributed by atoms with E-state index in [2.05, 4.69) is 60.7 Å². The number of hydrogen-bond acceptors (Lipinski definition) is 5. The first kappa shape index (κ1) is 23.1. The Morgan fingerprint density at radius 1 is 0.704 bits per heavy atom. The number of benzene rings is 2. The molecule has 0 aromatic heterocycles. The van der Waals surface area contributed by atoms with E-state index in [0.29, 0.717) is 11.1 Å². The van der Waals surface area contributed by atoms with Crippen molar-refractivity contribution in [1.82, 2.24) is 0 Å². The second-order valence-electron chi connectivity index (χ2n) is 6.66. The molecule has 0 spiro atoms. The first-order valence-corrected chi connectivity index (χ1v) is 15.9. The van der Waals surface area contributed by atoms with Crippen LogP contribution < -0.4 is 0 Å². The Labute approximate surface area is 180 Å². The quantitative estimate of drug-likeness (QED) is 0.236. The van der Waals surface area contributed by atoms with Crippen molar-refractivity contribution in [3.05, 3.63) is 71.8 Å². The van der Waals surface area contributed by atoms with E-state index in [1.54, 1.807) is 0 Å². The van der Waals surface area contributed by atoms with E-state index in [0.717, 1.165) is 12.8 Å². The van der Waals surface area contributed by atoms with Gasteiger partial charge in [0, 0.05) is 25.7 Å². The SMILES string of the molecule is CO[SiH2]C(CSSSCC(Cc1ccccc1)[SiH2]OC)Cc1ccccc1. The van der Waals surface area contributed by atoms with Gasteiger partial charge in [-0.05, 0) is 44.9 Å². The van der Waals surface area contributed by atoms with Gasteiger partial charge in [0.1, 0.15) is 0 Å². The van der Waals surface area contributed by atoms with Crippen LogP contribution in [0, 0.1) is 0 Å². The fourth-order valence-corrected chi connectivity index (χ4v) is 11.4. The molecule has 0 aliphatic carbocycles. The minimum Gasteiger partial charge on any atom is -0.427 e. The summed E-state index contributed by atoms with van der Waals surface area (Å²) in [5.74, 6) is 2.36. The van der Waals surface area contributed by atoms with Crippen molar-refractivity contribution in [2.24, 2.45) is 0 Å². The zero-order chi connectivity index (χ0) is 19.2. The largest absolute Gasteiger partial charge is 0.427 e. The van der Waals surface area contributed by atoms with Crippen LogP contribution in [0.3, 0.4) is 0 Å². The van der Waals surface area contributed by atoms with Gasteiger partial charge in [0.25, 0.3) is 0 Å². The fourth-order valence-electron chi connectivity index (χ4n) is 2.98. The summed E-state index contributed by atoms with van der Waals surface area (Å²) in [4.78, 5) is 0. The second kappa shape index (κ2) is 14.8. The average molecular weight is 455 g/mol. The lowest BCUT2D eigenvalue weighted by atomic mass is 10.1. The van der Waals surface area contributed by atoms with Crippen LogP contribution in [0.2, 0.25) is 11.1 Å². The van der Waals surface area contributed by atoms with Gasteiger partial charge in [0.15, 0.2) is 19.5 Å². The topological polar surface area (TPSA) is 18.5 Å². The molecule has 2 unspecified atom stereocenters. The van der Waals surface area contributed by atoms with Crippen molar-refractivity contribution in [1.29, 1.82) is 0 Å². The molecule has 0 saturated carbocycles. The summed E-state index contributed by atoms with van der Waals surface area (Å²) >= 11 is 0. The van der Waals surface area contributed by atoms with E-state index < -0.39 is 19.5 Å². The summed E-state index contributed by atoms with van der Waals surface area (Å²) in [6.07, 6.45) is 2.29. The van der Waals surface area contributed by atoms with Gasteiger partial charge in [0.05, 0.1) is 0 Å². The molecule has 0 amide bonds. The molecular weight excluding hydrogens is 425 g/mol. The first-order valence-electron chi connectivity index (χ1n) is 9.28. The van der Waals surface area contributed by atoms with Crippen LogP contribution in [0.15, 0.2) is 60.7 Å². The minimum atomic E-state index is -0.462. The van der Waals surface area contributed by atoms with Crippen LogP contribution in [0.5, 0.6) is 0 Å². The Morgan fingerprint density at radius 2 is 1.11 bits per heavy atom. The molecule has 7 heteroatoms. The van der Waals surface area contributed by atoms with Crippen LogP contribution in [-0.4, -0.2) is 45.3 Å². The molecule has 0 fully saturated rings. The average Bonchev–Trinajstić information content (AvgIpc) is 2.69. The van der Waals surface area contributed by atoms with Gasteiger partial charge in [-0.2, -0.15) is 0 Å². The van der Waals surface area contributed by atoms with Crippen LogP contribution in [0.25, 0.3) is 0 Å². The van der Waals surface area contributed by atoms with Crippen LogP contribution >= 0.6 is 31.4 Å². The highest BCUT2D eigenvalue weighted by atomic mass is 33.5. The zero-order valence-corrected chi connectivity index (χ0v) is 21.5. The van der Waals surface area contributed by atoms with Gasteiger partial charge in [-0.15, -0.1) is 0 Å². The highest BCUT2D eigenvalue weighted by molar-refractivity contribution is 9.09. The van der Waals surface area contributed by atoms with Crippen LogP contribution in [0.4, 0.5) is 0 Å². The summed E-state index contributed by atoms with van der Waals surface area (Å²) in [5.41, 5.74) is 4.26. The molecule has 0 heterocycles. The van der Waals surface area contributed by atoms with E-state index in [1.807, 2.05) is 45.6 Å². The smallest absolute Gasteiger partial charge is 0.165 e. The van der Waals surface area contributed by atoms with Crippen molar-refractivity contribution in [3.8, 4) is 0 Å². The van der Waals surface area contributed by atoms with Crippen LogP contribution in [0.1, 0.15) is 11.1 Å². The third-order valence-electron chi connectivity index (χ3n) is 4.24. The van der Waals surface area contributed by atoms with E-state index in [-0.39, 0.29) is 0 Å². The highest BCUT2D eigenvalue weighted by Crippen LogP contribution is 2.39. The molecule has 0 aliphatic heterocycles. The zero-order valence-electron chi connectivity index (χ0n) is 16.2. The second-order valence-corrected chi connectivity index (χ2v) is 15.1. The molecule has 0 bridgehead atoms. The standard InChI is InChI=1S/C20H30O2S3Si2/c1-21-26-19(13-17-9-5-3-6-10-17)15-23-25-24-16-20(27-22-2)14-18-11-7-4-8-12-18/h3-12,19-20H,13-16,26-27H2,1-2H3. The first-order chi connectivity index (χ1) is 13.3. The molecule has 2 rings (SSSR count). The lowest BCUT2D eigenvalue weighted by molar-refractivity contribution is 0.432. The molecule has 148 valence electrons. The van der Waals surface area contributed by atoms with E-state index in [1.165, 1.54) is 22.6 Å². The molecule has 27 heavy (non-hydrogen) atoms. The molecule has 2 atom stereocenters. The fraction of sp³-hybridized carbons (Fsp3) is 0.400. The maximum absolute atomic E-state index is 5.57. The van der Waals surface area contributed by atoms with Gasteiger partial charge < -0.3 is 8.85 Å². The van der Waals surface area contributed by atoms with Crippen molar-refractivity contribution in [3.63, 3.8) is 0 Å². The van der Waals surface area contributed by atoms with Crippen LogP contribution in [-0.2, 0) is 21.7 Å². The lowest BCUT2D eigenvalue weighted by Gasteiger charge is -2.16. The Bertz CT molecular complexity index is 551. The Hall–Kier alpha value is -0.156. The third-order valence-corrected chi connectivity index (χ3v) is 12.4. The molecule has 0 aliphatic rings. The highest BCUT2D eigenvalue weighted by Gasteiger charge is 2.14. The van der Waals surface area contributed by atoms with E-state index >= 15 is 0 Å². The van der Waals surface area contributed by atoms with Gasteiger partial charge in [-0.3, -0.25) is 0 Å². The maximum atomic E-state index is 5.57. The molecule has 0 saturated heterocycles. The molecule has 2 nitrogen and oxygen atoms in total. The van der Waals surface area contributed by atoms with Gasteiger partial charge in [-0.25, -0.2) is 0 Å². The van der Waals surface area contributed by atoms with Gasteiger partial charge in [-0.1, -0.05) is 82.3 Å². The Kier molecular flexibility index (Phi) is 12.7. The van der Waals surface area contributed by atoms with Crippen molar-refractivity contribution >= 4 is 50.9 Å². The van der Waals surface area contributed by atoms with Gasteiger partial charge in [0.2, 0.25) is 0 Å². The van der Waals surface area contributed by atoms with Crippen molar-refractivity contribution < 1.29 is 8.85 Å². The third kappa shape index (κ3) is 10.3. The number of rotatable bonds is 14. The lowest BCUT2D eigenvalue weighted by Crippen LogP contribution is -2.12. The maximum Gasteiger partial charge on any atom is 0.165 e. The normalized spacial score (nSPS) is 14.3. The monoisotopic (exact) mass is 454 g/mol. The van der Waals surface area contributed by atoms with E-state index in [4.69, 9.17) is 8.85 Å². The summed E-state index contributed by atoms with van der Waals surface area (Å²) in [6, 6.07) is 21.6. The summed E-state index contributed by atoms with van der Waals surface area (Å²) in [6.45, 7) is 0. The van der Waals surface area contributed by atoms with E-state index in [9.17, 15) is 0 Å². The predicted molar refractivity (Wildman–Crippen MR) is 131 cm³/mol. The summed E-state index contributed by atoms with van der Waals surface area (Å²) in [7, 11) is 8.74. The van der Waals surface area contributed by atoms with Crippen molar-refractivity contribution in [2.45, 2.75) is 23.9 Å². The minimum absolute atomic E-state index is 0.462. The molecule has 2 aromatic rings. The number of hydrogen-bond donors (Lipinski definition) is 0. The Balaban J connectivity index is 1.68.